The van der Waals surface area contributed by atoms with Crippen LogP contribution in [0.15, 0.2) is 73.2 Å². The zero-order chi connectivity index (χ0) is 26.8. The highest BCUT2D eigenvalue weighted by Crippen LogP contribution is 2.28. The van der Waals surface area contributed by atoms with Gasteiger partial charge in [-0.1, -0.05) is 36.4 Å². The van der Waals surface area contributed by atoms with Crippen LogP contribution in [0.25, 0.3) is 33.4 Å². The standard InChI is InChI=1S/C28H28N8O2/c1-34(2)28(38)32-24-12-5-18(16-30-24)17-31-27(37)25-22-15-21(10-11-23(22)36(4)33-25)19-6-8-20(9-7-19)26-29-13-14-35(26)3/h5-16H,17H2,1-4H3,(H,31,37)(H,30,32,38). The van der Waals surface area contributed by atoms with Gasteiger partial charge in [0.05, 0.1) is 5.52 Å². The first-order chi connectivity index (χ1) is 18.3. The Balaban J connectivity index is 1.32. The van der Waals surface area contributed by atoms with Crippen LogP contribution in [-0.4, -0.2) is 55.2 Å². The molecule has 3 heterocycles. The molecular formula is C28H28N8O2. The second-order valence-corrected chi connectivity index (χ2v) is 9.20. The summed E-state index contributed by atoms with van der Waals surface area (Å²) in [5.74, 6) is 1.07. The largest absolute Gasteiger partial charge is 0.346 e. The van der Waals surface area contributed by atoms with E-state index in [2.05, 4.69) is 37.8 Å². The van der Waals surface area contributed by atoms with Gasteiger partial charge in [0, 0.05) is 64.3 Å². The van der Waals surface area contributed by atoms with Gasteiger partial charge in [0.15, 0.2) is 5.69 Å². The number of fused-ring (bicyclic) bond motifs is 1. The van der Waals surface area contributed by atoms with E-state index < -0.39 is 0 Å². The molecule has 10 nitrogen and oxygen atoms in total. The fourth-order valence-electron chi connectivity index (χ4n) is 4.16. The summed E-state index contributed by atoms with van der Waals surface area (Å²) >= 11 is 0. The summed E-state index contributed by atoms with van der Waals surface area (Å²) in [5.41, 5.74) is 5.09. The molecule has 5 aromatic rings. The number of carbonyl (C=O) groups excluding carboxylic acids is 2. The Morgan fingerprint density at radius 3 is 2.32 bits per heavy atom. The topological polar surface area (TPSA) is 110 Å². The molecule has 0 bridgehead atoms. The monoisotopic (exact) mass is 508 g/mol. The highest BCUT2D eigenvalue weighted by atomic mass is 16.2. The van der Waals surface area contributed by atoms with Crippen LogP contribution in [0.3, 0.4) is 0 Å². The first-order valence-electron chi connectivity index (χ1n) is 12.1. The molecule has 0 spiro atoms. The van der Waals surface area contributed by atoms with Gasteiger partial charge in [0.2, 0.25) is 0 Å². The summed E-state index contributed by atoms with van der Waals surface area (Å²) in [4.78, 5) is 35.0. The molecule has 0 radical (unpaired) electrons. The first-order valence-corrected chi connectivity index (χ1v) is 12.1. The van der Waals surface area contributed by atoms with Gasteiger partial charge in [-0.15, -0.1) is 0 Å². The molecule has 0 unspecified atom stereocenters. The van der Waals surface area contributed by atoms with E-state index in [1.54, 1.807) is 37.2 Å². The molecule has 0 fully saturated rings. The van der Waals surface area contributed by atoms with E-state index >= 15 is 0 Å². The van der Waals surface area contributed by atoms with Crippen molar-refractivity contribution in [3.63, 3.8) is 0 Å². The van der Waals surface area contributed by atoms with E-state index in [1.165, 1.54) is 4.90 Å². The zero-order valence-electron chi connectivity index (χ0n) is 21.6. The van der Waals surface area contributed by atoms with E-state index in [9.17, 15) is 9.59 Å². The number of hydrogen-bond acceptors (Lipinski definition) is 5. The second-order valence-electron chi connectivity index (χ2n) is 9.20. The van der Waals surface area contributed by atoms with E-state index in [0.29, 0.717) is 11.5 Å². The summed E-state index contributed by atoms with van der Waals surface area (Å²) < 4.78 is 3.69. The number of benzene rings is 2. The Morgan fingerprint density at radius 2 is 1.66 bits per heavy atom. The van der Waals surface area contributed by atoms with E-state index in [-0.39, 0.29) is 18.5 Å². The quantitative estimate of drug-likeness (QED) is 0.360. The fourth-order valence-corrected chi connectivity index (χ4v) is 4.16. The molecule has 2 aromatic carbocycles. The maximum atomic E-state index is 13.1. The van der Waals surface area contributed by atoms with Crippen molar-refractivity contribution in [2.45, 2.75) is 6.54 Å². The van der Waals surface area contributed by atoms with Crippen molar-refractivity contribution in [2.75, 3.05) is 19.4 Å². The SMILES string of the molecule is CN(C)C(=O)Nc1ccc(CNC(=O)c2nn(C)c3ccc(-c4ccc(-c5nccn5C)cc4)cc23)cn1. The van der Waals surface area contributed by atoms with E-state index in [1.807, 2.05) is 61.3 Å². The van der Waals surface area contributed by atoms with Gasteiger partial charge < -0.3 is 14.8 Å². The van der Waals surface area contributed by atoms with Crippen molar-refractivity contribution < 1.29 is 9.59 Å². The number of pyridine rings is 1. The van der Waals surface area contributed by atoms with Gasteiger partial charge in [-0.3, -0.25) is 14.8 Å². The lowest BCUT2D eigenvalue weighted by molar-refractivity contribution is 0.0946. The number of anilines is 1. The molecule has 10 heteroatoms. The summed E-state index contributed by atoms with van der Waals surface area (Å²) in [7, 11) is 7.10. The number of hydrogen-bond donors (Lipinski definition) is 2. The molecule has 0 aliphatic heterocycles. The highest BCUT2D eigenvalue weighted by molar-refractivity contribution is 6.05. The average molecular weight is 509 g/mol. The zero-order valence-corrected chi connectivity index (χ0v) is 21.6. The van der Waals surface area contributed by atoms with Crippen molar-refractivity contribution >= 4 is 28.7 Å². The molecular weight excluding hydrogens is 480 g/mol. The van der Waals surface area contributed by atoms with Crippen molar-refractivity contribution in [1.29, 1.82) is 0 Å². The highest BCUT2D eigenvalue weighted by Gasteiger charge is 2.17. The molecule has 0 aliphatic rings. The minimum Gasteiger partial charge on any atom is -0.346 e. The smallest absolute Gasteiger partial charge is 0.322 e. The Morgan fingerprint density at radius 1 is 0.921 bits per heavy atom. The summed E-state index contributed by atoms with van der Waals surface area (Å²) in [6, 6.07) is 17.5. The Bertz CT molecular complexity index is 1620. The van der Waals surface area contributed by atoms with Crippen LogP contribution in [0.2, 0.25) is 0 Å². The van der Waals surface area contributed by atoms with Gasteiger partial charge in [-0.25, -0.2) is 14.8 Å². The molecule has 0 saturated heterocycles. The van der Waals surface area contributed by atoms with Gasteiger partial charge in [-0.05, 0) is 34.9 Å². The molecule has 5 rings (SSSR count). The average Bonchev–Trinajstić information content (AvgIpc) is 3.50. The Hall–Kier alpha value is -4.99. The fraction of sp³-hybridized carbons (Fsp3) is 0.179. The number of rotatable bonds is 6. The molecule has 3 amide bonds. The van der Waals surface area contributed by atoms with Gasteiger partial charge >= 0.3 is 6.03 Å². The lowest BCUT2D eigenvalue weighted by atomic mass is 10.0. The second kappa shape index (κ2) is 10.2. The minimum absolute atomic E-state index is 0.260. The third-order valence-electron chi connectivity index (χ3n) is 6.28. The number of urea groups is 1. The minimum atomic E-state index is -0.275. The van der Waals surface area contributed by atoms with Crippen LogP contribution in [0.5, 0.6) is 0 Å². The van der Waals surface area contributed by atoms with Gasteiger partial charge in [0.25, 0.3) is 5.91 Å². The first kappa shape index (κ1) is 24.7. The molecule has 0 saturated carbocycles. The van der Waals surface area contributed by atoms with Crippen molar-refractivity contribution in [3.05, 3.63) is 84.4 Å². The van der Waals surface area contributed by atoms with Crippen LogP contribution < -0.4 is 10.6 Å². The van der Waals surface area contributed by atoms with Crippen molar-refractivity contribution in [2.24, 2.45) is 14.1 Å². The summed E-state index contributed by atoms with van der Waals surface area (Å²) in [6.45, 7) is 0.278. The molecule has 2 N–H and O–H groups in total. The number of aromatic nitrogens is 5. The number of aryl methyl sites for hydroxylation is 2. The number of nitrogens with zero attached hydrogens (tertiary/aromatic N) is 6. The van der Waals surface area contributed by atoms with Crippen LogP contribution >= 0.6 is 0 Å². The lowest BCUT2D eigenvalue weighted by Gasteiger charge is -2.11. The van der Waals surface area contributed by atoms with Crippen LogP contribution in [0.1, 0.15) is 16.1 Å². The van der Waals surface area contributed by atoms with Crippen LogP contribution in [0, 0.1) is 0 Å². The third-order valence-corrected chi connectivity index (χ3v) is 6.28. The number of carbonyl (C=O) groups is 2. The number of amides is 3. The van der Waals surface area contributed by atoms with Crippen molar-refractivity contribution in [1.82, 2.24) is 34.5 Å². The summed E-state index contributed by atoms with van der Waals surface area (Å²) in [5, 5.41) is 10.9. The predicted molar refractivity (Wildman–Crippen MR) is 146 cm³/mol. The third kappa shape index (κ3) is 4.96. The molecule has 0 atom stereocenters. The van der Waals surface area contributed by atoms with E-state index in [4.69, 9.17) is 0 Å². The molecule has 3 aromatic heterocycles. The van der Waals surface area contributed by atoms with Crippen LogP contribution in [-0.2, 0) is 20.6 Å². The molecule has 0 aliphatic carbocycles. The Labute approximate surface area is 219 Å². The van der Waals surface area contributed by atoms with Crippen molar-refractivity contribution in [3.8, 4) is 22.5 Å². The van der Waals surface area contributed by atoms with Crippen LogP contribution in [0.4, 0.5) is 10.6 Å². The molecule has 38 heavy (non-hydrogen) atoms. The Kier molecular flexibility index (Phi) is 6.61. The number of nitrogens with one attached hydrogen (secondary N) is 2. The lowest BCUT2D eigenvalue weighted by Crippen LogP contribution is -2.27. The van der Waals surface area contributed by atoms with E-state index in [0.717, 1.165) is 39.0 Å². The van der Waals surface area contributed by atoms with Gasteiger partial charge in [-0.2, -0.15) is 5.10 Å². The number of imidazole rings is 1. The normalized spacial score (nSPS) is 10.9. The molecule has 192 valence electrons. The maximum Gasteiger partial charge on any atom is 0.322 e. The van der Waals surface area contributed by atoms with Gasteiger partial charge in [0.1, 0.15) is 11.6 Å². The maximum absolute atomic E-state index is 13.1. The predicted octanol–water partition coefficient (Wildman–Crippen LogP) is 4.06. The summed E-state index contributed by atoms with van der Waals surface area (Å²) in [6.07, 6.45) is 5.32.